The fourth-order valence-electron chi connectivity index (χ4n) is 2.98. The Morgan fingerprint density at radius 3 is 1.76 bits per heavy atom. The van der Waals surface area contributed by atoms with Crippen LogP contribution >= 0.6 is 31.9 Å². The van der Waals surface area contributed by atoms with Gasteiger partial charge in [0.1, 0.15) is 5.60 Å². The van der Waals surface area contributed by atoms with Crippen molar-refractivity contribution in [3.8, 4) is 0 Å². The number of rotatable bonds is 2. The molecule has 206 valence electrons. The van der Waals surface area contributed by atoms with Crippen molar-refractivity contribution in [2.75, 3.05) is 0 Å². The second-order valence-electron chi connectivity index (χ2n) is 10.4. The Hall–Kier alpha value is -3.12. The highest BCUT2D eigenvalue weighted by Crippen LogP contribution is 2.25. The first kappa shape index (κ1) is 31.1. The summed E-state index contributed by atoms with van der Waals surface area (Å²) in [6, 6.07) is 9.83. The van der Waals surface area contributed by atoms with Gasteiger partial charge in [0.15, 0.2) is 0 Å². The molecule has 4 amide bonds. The number of ether oxygens (including phenoxy) is 1. The zero-order valence-corrected chi connectivity index (χ0v) is 25.7. The number of hydrogen-bond acceptors (Lipinski definition) is 6. The molecule has 0 aliphatic heterocycles. The zero-order chi connectivity index (χ0) is 29.0. The van der Waals surface area contributed by atoms with E-state index in [1.807, 2.05) is 13.8 Å². The van der Waals surface area contributed by atoms with Gasteiger partial charge in [-0.3, -0.25) is 19.9 Å². The van der Waals surface area contributed by atoms with Crippen molar-refractivity contribution in [2.24, 2.45) is 0 Å². The Kier molecular flexibility index (Phi) is 9.95. The lowest BCUT2D eigenvalue weighted by molar-refractivity contribution is -0.223. The first-order valence-corrected chi connectivity index (χ1v) is 13.2. The summed E-state index contributed by atoms with van der Waals surface area (Å²) >= 11 is 6.76. The van der Waals surface area contributed by atoms with Crippen LogP contribution in [0.15, 0.2) is 45.3 Å². The second kappa shape index (κ2) is 12.2. The van der Waals surface area contributed by atoms with Gasteiger partial charge in [-0.2, -0.15) is 0 Å². The highest BCUT2D eigenvalue weighted by atomic mass is 79.9. The van der Waals surface area contributed by atoms with Gasteiger partial charge < -0.3 is 4.74 Å². The number of carbonyl (C=O) groups excluding carboxylic acids is 4. The summed E-state index contributed by atoms with van der Waals surface area (Å²) in [6.07, 6.45) is -2.35. The molecule has 0 saturated carbocycles. The van der Waals surface area contributed by atoms with Crippen LogP contribution in [-0.4, -0.2) is 45.3 Å². The first-order chi connectivity index (χ1) is 17.4. The fourth-order valence-corrected chi connectivity index (χ4v) is 3.74. The van der Waals surface area contributed by atoms with Crippen molar-refractivity contribution in [1.29, 1.82) is 0 Å². The highest BCUT2D eigenvalue weighted by Gasteiger charge is 2.41. The van der Waals surface area contributed by atoms with Crippen LogP contribution in [0.2, 0.25) is 0 Å². The molecule has 2 N–H and O–H groups in total. The molecule has 0 radical (unpaired) electrons. The number of halogens is 2. The van der Waals surface area contributed by atoms with Crippen LogP contribution in [0.4, 0.5) is 9.59 Å². The molecular formula is C26H32Br2N4O6. The minimum atomic E-state index is -1.23. The number of nitrogens with zero attached hydrogens (tertiary/aromatic N) is 2. The summed E-state index contributed by atoms with van der Waals surface area (Å²) in [6.45, 7) is 13.6. The number of hydrazine groups is 2. The van der Waals surface area contributed by atoms with E-state index >= 15 is 0 Å². The van der Waals surface area contributed by atoms with Crippen LogP contribution in [0.5, 0.6) is 0 Å². The quantitative estimate of drug-likeness (QED) is 0.372. The van der Waals surface area contributed by atoms with Crippen LogP contribution in [-0.2, 0) is 9.57 Å². The minimum Gasteiger partial charge on any atom is -0.440 e. The van der Waals surface area contributed by atoms with Crippen molar-refractivity contribution in [1.82, 2.24) is 21.0 Å². The van der Waals surface area contributed by atoms with Gasteiger partial charge in [0, 0.05) is 20.1 Å². The third-order valence-corrected chi connectivity index (χ3v) is 6.57. The molecule has 0 heterocycles. The zero-order valence-electron chi connectivity index (χ0n) is 22.6. The molecule has 0 unspecified atom stereocenters. The minimum absolute atomic E-state index is 0.230. The number of hydrogen-bond donors (Lipinski definition) is 2. The normalized spacial score (nSPS) is 11.3. The van der Waals surface area contributed by atoms with Gasteiger partial charge in [-0.25, -0.2) is 20.0 Å². The summed E-state index contributed by atoms with van der Waals surface area (Å²) in [5.74, 6) is -1.26. The third kappa shape index (κ3) is 8.45. The molecule has 2 rings (SSSR count). The molecule has 2 aromatic rings. The molecular weight excluding hydrogens is 624 g/mol. The Bertz CT molecular complexity index is 1240. The first-order valence-electron chi connectivity index (χ1n) is 11.6. The molecule has 10 nitrogen and oxygen atoms in total. The summed E-state index contributed by atoms with van der Waals surface area (Å²) < 4.78 is 6.81. The van der Waals surface area contributed by atoms with Crippen LogP contribution < -0.4 is 10.9 Å². The molecule has 0 spiro atoms. The molecule has 12 heteroatoms. The maximum atomic E-state index is 13.6. The Labute approximate surface area is 239 Å². The van der Waals surface area contributed by atoms with E-state index in [2.05, 4.69) is 42.7 Å². The van der Waals surface area contributed by atoms with Crippen molar-refractivity contribution in [2.45, 2.75) is 66.5 Å². The number of benzene rings is 2. The molecule has 38 heavy (non-hydrogen) atoms. The van der Waals surface area contributed by atoms with E-state index in [4.69, 9.17) is 9.57 Å². The lowest BCUT2D eigenvalue weighted by atomic mass is 10.1. The van der Waals surface area contributed by atoms with Crippen molar-refractivity contribution < 1.29 is 28.8 Å². The third-order valence-electron chi connectivity index (χ3n) is 4.86. The number of hydroxylamine groups is 1. The van der Waals surface area contributed by atoms with E-state index in [-0.39, 0.29) is 11.1 Å². The predicted molar refractivity (Wildman–Crippen MR) is 149 cm³/mol. The number of aryl methyl sites for hydroxylation is 2. The van der Waals surface area contributed by atoms with Crippen LogP contribution in [0.25, 0.3) is 0 Å². The smallest absolute Gasteiger partial charge is 0.440 e. The van der Waals surface area contributed by atoms with Crippen LogP contribution in [0.3, 0.4) is 0 Å². The van der Waals surface area contributed by atoms with Crippen molar-refractivity contribution >= 4 is 55.9 Å². The number of amides is 4. The van der Waals surface area contributed by atoms with Crippen molar-refractivity contribution in [3.05, 3.63) is 67.6 Å². The summed E-state index contributed by atoms with van der Waals surface area (Å²) in [5, 5.41) is 1.42. The maximum absolute atomic E-state index is 13.6. The van der Waals surface area contributed by atoms with Crippen LogP contribution in [0.1, 0.15) is 73.4 Å². The molecule has 0 atom stereocenters. The number of nitrogens with one attached hydrogen (secondary N) is 2. The Morgan fingerprint density at radius 1 is 0.789 bits per heavy atom. The monoisotopic (exact) mass is 654 g/mol. The summed E-state index contributed by atoms with van der Waals surface area (Å²) in [7, 11) is 0. The topological polar surface area (TPSA) is 117 Å². The number of carbonyl (C=O) groups is 4. The lowest BCUT2D eigenvalue weighted by Gasteiger charge is -2.41. The van der Waals surface area contributed by atoms with Gasteiger partial charge >= 0.3 is 12.2 Å². The van der Waals surface area contributed by atoms with Gasteiger partial charge in [-0.05, 0) is 96.0 Å². The fraction of sp³-hybridized carbons (Fsp3) is 0.385. The predicted octanol–water partition coefficient (Wildman–Crippen LogP) is 6.21. The summed E-state index contributed by atoms with van der Waals surface area (Å²) in [5.41, 5.74) is 4.61. The largest absolute Gasteiger partial charge is 0.464 e. The van der Waals surface area contributed by atoms with E-state index in [0.29, 0.717) is 14.1 Å². The van der Waals surface area contributed by atoms with Gasteiger partial charge in [0.05, 0.1) is 5.54 Å². The average Bonchev–Trinajstić information content (AvgIpc) is 2.78. The molecule has 2 aromatic carbocycles. The van der Waals surface area contributed by atoms with Gasteiger partial charge in [-0.1, -0.05) is 44.0 Å². The van der Waals surface area contributed by atoms with E-state index in [0.717, 1.165) is 16.1 Å². The highest BCUT2D eigenvalue weighted by molar-refractivity contribution is 9.10. The Balaban J connectivity index is 2.35. The van der Waals surface area contributed by atoms with Gasteiger partial charge in [-0.15, -0.1) is 0 Å². The maximum Gasteiger partial charge on any atom is 0.464 e. The SMILES string of the molecule is Cc1ccc(C(=O)NNC(=O)ON(C(=O)OC(C)(C)C)N(C(=O)c2ccc(C)c(Br)c2)C(C)(C)C)cc1Br. The van der Waals surface area contributed by atoms with Crippen molar-refractivity contribution in [3.63, 3.8) is 0 Å². The average molecular weight is 656 g/mol. The van der Waals surface area contributed by atoms with E-state index < -0.39 is 35.1 Å². The molecule has 0 aliphatic carbocycles. The van der Waals surface area contributed by atoms with E-state index in [1.165, 1.54) is 0 Å². The Morgan fingerprint density at radius 2 is 1.29 bits per heavy atom. The standard InChI is InChI=1S/C26H32Br2N4O6/c1-15-9-11-17(13-19(15)27)21(33)29-30-23(35)38-32(24(36)37-26(6,7)8)31(25(3,4)5)22(34)18-12-10-16(2)20(28)14-18/h9-14H,1-8H3,(H,29,33)(H,30,35). The van der Waals surface area contributed by atoms with Crippen LogP contribution in [0, 0.1) is 13.8 Å². The summed E-state index contributed by atoms with van der Waals surface area (Å²) in [4.78, 5) is 57.3. The molecule has 0 aromatic heterocycles. The van der Waals surface area contributed by atoms with Gasteiger partial charge in [0.2, 0.25) is 0 Å². The molecule has 0 fully saturated rings. The van der Waals surface area contributed by atoms with E-state index in [1.54, 1.807) is 77.9 Å². The van der Waals surface area contributed by atoms with Gasteiger partial charge in [0.25, 0.3) is 11.8 Å². The molecule has 0 saturated heterocycles. The van der Waals surface area contributed by atoms with E-state index in [9.17, 15) is 19.2 Å². The molecule has 0 bridgehead atoms. The lowest BCUT2D eigenvalue weighted by Crippen LogP contribution is -2.60. The molecule has 0 aliphatic rings. The second-order valence-corrected chi connectivity index (χ2v) is 12.1.